The van der Waals surface area contributed by atoms with Gasteiger partial charge in [0.05, 0.1) is 65.7 Å². The molecule has 0 unspecified atom stereocenters. The molecule has 0 aliphatic rings. The van der Waals surface area contributed by atoms with Gasteiger partial charge in [-0.3, -0.25) is 19.7 Å². The van der Waals surface area contributed by atoms with Gasteiger partial charge in [-0.25, -0.2) is 4.63 Å². The third-order valence-electron chi connectivity index (χ3n) is 5.13. The van der Waals surface area contributed by atoms with Crippen molar-refractivity contribution in [2.45, 2.75) is 12.8 Å². The summed E-state index contributed by atoms with van der Waals surface area (Å²) in [7, 11) is 12.0. The van der Waals surface area contributed by atoms with Gasteiger partial charge in [-0.2, -0.15) is 0 Å². The van der Waals surface area contributed by atoms with Crippen LogP contribution in [-0.4, -0.2) is 118 Å². The van der Waals surface area contributed by atoms with E-state index in [1.54, 1.807) is 4.90 Å². The van der Waals surface area contributed by atoms with E-state index in [1.165, 1.54) is 12.1 Å². The number of nitro groups is 1. The van der Waals surface area contributed by atoms with Gasteiger partial charge in [0, 0.05) is 19.2 Å². The smallest absolute Gasteiger partial charge is 0.307 e. The molecule has 0 amide bonds. The lowest BCUT2D eigenvalue weighted by Gasteiger charge is -2.25. The van der Waals surface area contributed by atoms with Gasteiger partial charge in [0.25, 0.3) is 0 Å². The number of anilines is 1. The van der Waals surface area contributed by atoms with Crippen LogP contribution < -0.4 is 4.90 Å². The Morgan fingerprint density at radius 3 is 1.86 bits per heavy atom. The number of non-ortho nitro benzene ring substituents is 1. The van der Waals surface area contributed by atoms with E-state index < -0.39 is 4.92 Å². The minimum atomic E-state index is -0.573. The number of nitro benzene ring substituents is 1. The predicted molar refractivity (Wildman–Crippen MR) is 128 cm³/mol. The standard InChI is InChI=1S/C22H36N6O7/c1-27(2,3)13-15-33-19(29)9-11-25(12-10-20(30)34-16-14-28(4,5)6)17-7-8-18(26(31)32)22-21(17)23-35-24-22/h7-8H,9-16H2,1-6H3/q+2. The van der Waals surface area contributed by atoms with E-state index in [1.807, 2.05) is 42.3 Å². The molecule has 0 bridgehead atoms. The summed E-state index contributed by atoms with van der Waals surface area (Å²) in [5, 5.41) is 18.8. The number of likely N-dealkylation sites (N-methyl/N-ethyl adjacent to an activating group) is 2. The highest BCUT2D eigenvalue weighted by Crippen LogP contribution is 2.31. The van der Waals surface area contributed by atoms with Crippen LogP contribution in [0.5, 0.6) is 0 Å². The zero-order valence-corrected chi connectivity index (χ0v) is 21.4. The Kier molecular flexibility index (Phi) is 9.48. The molecule has 0 atom stereocenters. The van der Waals surface area contributed by atoms with Crippen molar-refractivity contribution in [3.05, 3.63) is 22.2 Å². The number of quaternary nitrogens is 2. The molecule has 0 fully saturated rings. The van der Waals surface area contributed by atoms with Crippen molar-refractivity contribution in [2.24, 2.45) is 0 Å². The highest BCUT2D eigenvalue weighted by atomic mass is 16.6. The van der Waals surface area contributed by atoms with Crippen LogP contribution in [0.15, 0.2) is 16.8 Å². The van der Waals surface area contributed by atoms with Crippen molar-refractivity contribution < 1.29 is 37.6 Å². The zero-order valence-electron chi connectivity index (χ0n) is 21.4. The Morgan fingerprint density at radius 2 is 1.40 bits per heavy atom. The number of carbonyl (C=O) groups excluding carboxylic acids is 2. The number of esters is 2. The Labute approximate surface area is 204 Å². The second kappa shape index (κ2) is 11.9. The van der Waals surface area contributed by atoms with Gasteiger partial charge in [0.15, 0.2) is 5.52 Å². The summed E-state index contributed by atoms with van der Waals surface area (Å²) in [5.74, 6) is -0.768. The maximum Gasteiger partial charge on any atom is 0.307 e. The van der Waals surface area contributed by atoms with Crippen LogP contribution in [0.1, 0.15) is 12.8 Å². The number of carbonyl (C=O) groups is 2. The highest BCUT2D eigenvalue weighted by Gasteiger charge is 2.24. The lowest BCUT2D eigenvalue weighted by Crippen LogP contribution is -2.38. The van der Waals surface area contributed by atoms with Crippen molar-refractivity contribution in [3.8, 4) is 0 Å². The molecule has 0 saturated carbocycles. The van der Waals surface area contributed by atoms with Gasteiger partial charge in [-0.1, -0.05) is 0 Å². The molecule has 194 valence electrons. The SMILES string of the molecule is C[N+](C)(C)CCOC(=O)CCN(CCC(=O)OCC[N+](C)(C)C)c1ccc([N+](=O)[O-])c2nonc12. The number of hydrogen-bond acceptors (Lipinski definition) is 10. The summed E-state index contributed by atoms with van der Waals surface area (Å²) >= 11 is 0. The van der Waals surface area contributed by atoms with Gasteiger partial charge in [-0.05, 0) is 16.4 Å². The van der Waals surface area contributed by atoms with Gasteiger partial charge < -0.3 is 23.3 Å². The van der Waals surface area contributed by atoms with Crippen molar-refractivity contribution >= 4 is 34.3 Å². The summed E-state index contributed by atoms with van der Waals surface area (Å²) in [6.45, 7) is 2.32. The number of fused-ring (bicyclic) bond motifs is 1. The number of rotatable bonds is 14. The minimum absolute atomic E-state index is 0.00598. The molecule has 0 aliphatic heterocycles. The molecular formula is C22H36N6O7+2. The highest BCUT2D eigenvalue weighted by molar-refractivity contribution is 5.94. The second-order valence-corrected chi connectivity index (χ2v) is 10.3. The van der Waals surface area contributed by atoms with E-state index in [-0.39, 0.29) is 67.8 Å². The first kappa shape index (κ1) is 27.9. The number of hydrogen-bond donors (Lipinski definition) is 0. The van der Waals surface area contributed by atoms with Gasteiger partial charge in [0.1, 0.15) is 26.3 Å². The summed E-state index contributed by atoms with van der Waals surface area (Å²) in [4.78, 5) is 37.1. The van der Waals surface area contributed by atoms with Crippen LogP contribution in [0.25, 0.3) is 11.0 Å². The summed E-state index contributed by atoms with van der Waals surface area (Å²) in [6.07, 6.45) is 0.106. The Hall–Kier alpha value is -3.32. The Bertz CT molecular complexity index is 989. The molecule has 13 heteroatoms. The second-order valence-electron chi connectivity index (χ2n) is 10.3. The fourth-order valence-electron chi connectivity index (χ4n) is 3.06. The normalized spacial score (nSPS) is 11.9. The van der Waals surface area contributed by atoms with Crippen molar-refractivity contribution in [3.63, 3.8) is 0 Å². The van der Waals surface area contributed by atoms with Crippen molar-refractivity contribution in [2.75, 3.05) is 86.6 Å². The van der Waals surface area contributed by atoms with E-state index in [4.69, 9.17) is 14.1 Å². The van der Waals surface area contributed by atoms with Crippen LogP contribution >= 0.6 is 0 Å². The van der Waals surface area contributed by atoms with Crippen molar-refractivity contribution in [1.29, 1.82) is 0 Å². The van der Waals surface area contributed by atoms with Crippen LogP contribution in [0, 0.1) is 10.1 Å². The molecule has 35 heavy (non-hydrogen) atoms. The molecule has 0 N–H and O–H groups in total. The number of ether oxygens (including phenoxy) is 2. The molecule has 13 nitrogen and oxygen atoms in total. The molecule has 0 radical (unpaired) electrons. The largest absolute Gasteiger partial charge is 0.460 e. The number of aromatic nitrogens is 2. The average molecular weight is 497 g/mol. The monoisotopic (exact) mass is 496 g/mol. The van der Waals surface area contributed by atoms with Crippen LogP contribution in [0.3, 0.4) is 0 Å². The predicted octanol–water partition coefficient (Wildman–Crippen LogP) is 1.22. The lowest BCUT2D eigenvalue weighted by molar-refractivity contribution is -0.870. The number of benzene rings is 1. The average Bonchev–Trinajstić information content (AvgIpc) is 3.21. The van der Waals surface area contributed by atoms with Crippen LogP contribution in [-0.2, 0) is 19.1 Å². The van der Waals surface area contributed by atoms with Crippen molar-refractivity contribution in [1.82, 2.24) is 10.3 Å². The van der Waals surface area contributed by atoms with Gasteiger partial charge in [0.2, 0.25) is 5.52 Å². The third kappa shape index (κ3) is 9.45. The maximum atomic E-state index is 12.3. The van der Waals surface area contributed by atoms with E-state index in [2.05, 4.69) is 10.3 Å². The van der Waals surface area contributed by atoms with Crippen LogP contribution in [0.2, 0.25) is 0 Å². The molecule has 2 aromatic rings. The van der Waals surface area contributed by atoms with Crippen LogP contribution in [0.4, 0.5) is 11.4 Å². The number of nitrogens with zero attached hydrogens (tertiary/aromatic N) is 6. The minimum Gasteiger partial charge on any atom is -0.460 e. The molecule has 0 saturated heterocycles. The molecule has 1 heterocycles. The fraction of sp³-hybridized carbons (Fsp3) is 0.636. The molecule has 1 aromatic carbocycles. The van der Waals surface area contributed by atoms with E-state index in [9.17, 15) is 19.7 Å². The van der Waals surface area contributed by atoms with Gasteiger partial charge >= 0.3 is 17.6 Å². The lowest BCUT2D eigenvalue weighted by atomic mass is 10.2. The van der Waals surface area contributed by atoms with E-state index in [0.717, 1.165) is 0 Å². The topological polar surface area (TPSA) is 138 Å². The van der Waals surface area contributed by atoms with E-state index >= 15 is 0 Å². The molecule has 2 rings (SSSR count). The van der Waals surface area contributed by atoms with E-state index in [0.29, 0.717) is 27.7 Å². The third-order valence-corrected chi connectivity index (χ3v) is 5.13. The molecule has 1 aromatic heterocycles. The summed E-state index contributed by atoms with van der Waals surface area (Å²) in [5.41, 5.74) is 0.388. The Morgan fingerprint density at radius 1 is 0.914 bits per heavy atom. The summed E-state index contributed by atoms with van der Waals surface area (Å²) < 4.78 is 16.7. The zero-order chi connectivity index (χ0) is 26.2. The molecule has 0 spiro atoms. The first-order chi connectivity index (χ1) is 16.3. The molecular weight excluding hydrogens is 460 g/mol. The fourth-order valence-corrected chi connectivity index (χ4v) is 3.06. The quantitative estimate of drug-likeness (QED) is 0.162. The Balaban J connectivity index is 2.11. The van der Waals surface area contributed by atoms with Gasteiger partial charge in [-0.15, -0.1) is 0 Å². The summed E-state index contributed by atoms with van der Waals surface area (Å²) in [6, 6.07) is 2.81. The first-order valence-corrected chi connectivity index (χ1v) is 11.3. The molecule has 0 aliphatic carbocycles. The maximum absolute atomic E-state index is 12.3. The first-order valence-electron chi connectivity index (χ1n) is 11.3.